The second-order valence-corrected chi connectivity index (χ2v) is 7.28. The van der Waals surface area contributed by atoms with Crippen molar-refractivity contribution in [1.82, 2.24) is 8.96 Å². The number of H-pyrrole nitrogens is 1. The number of aromatic nitrogens is 2. The zero-order valence-electron chi connectivity index (χ0n) is 11.5. The van der Waals surface area contributed by atoms with E-state index in [0.717, 1.165) is 9.54 Å². The fraction of sp³-hybridized carbons (Fsp3) is 0.133. The number of aromatic amines is 1. The summed E-state index contributed by atoms with van der Waals surface area (Å²) in [4.78, 5) is 14.5. The molecule has 0 saturated carbocycles. The molecule has 5 nitrogen and oxygen atoms in total. The fourth-order valence-electron chi connectivity index (χ4n) is 2.31. The topological polar surface area (TPSA) is 71.9 Å². The molecule has 2 aromatic carbocycles. The van der Waals surface area contributed by atoms with Crippen LogP contribution in [-0.2, 0) is 16.4 Å². The highest BCUT2D eigenvalue weighted by molar-refractivity contribution is 7.90. The number of hydrogen-bond donors (Lipinski definition) is 1. The molecule has 114 valence electrons. The van der Waals surface area contributed by atoms with E-state index in [1.54, 1.807) is 12.1 Å². The molecule has 3 aromatic rings. The van der Waals surface area contributed by atoms with Crippen molar-refractivity contribution >= 4 is 32.7 Å². The van der Waals surface area contributed by atoms with Crippen molar-refractivity contribution in [3.05, 3.63) is 69.6 Å². The van der Waals surface area contributed by atoms with Crippen molar-refractivity contribution in [2.24, 2.45) is 0 Å². The average Bonchev–Trinajstić information content (AvgIpc) is 2.82. The highest BCUT2D eigenvalue weighted by Gasteiger charge is 2.20. The normalized spacial score (nSPS) is 11.9. The van der Waals surface area contributed by atoms with Crippen molar-refractivity contribution in [3.8, 4) is 0 Å². The number of imidazole rings is 1. The molecule has 0 aliphatic carbocycles. The van der Waals surface area contributed by atoms with Crippen LogP contribution in [0.3, 0.4) is 0 Å². The highest BCUT2D eigenvalue weighted by Crippen LogP contribution is 2.18. The number of aryl methyl sites for hydroxylation is 1. The van der Waals surface area contributed by atoms with E-state index in [2.05, 4.69) is 4.98 Å². The highest BCUT2D eigenvalue weighted by atomic mass is 35.5. The van der Waals surface area contributed by atoms with E-state index in [0.29, 0.717) is 17.0 Å². The van der Waals surface area contributed by atoms with E-state index in [1.807, 2.05) is 30.3 Å². The largest absolute Gasteiger partial charge is 0.340 e. The number of nitrogens with one attached hydrogen (secondary N) is 1. The molecule has 0 radical (unpaired) electrons. The van der Waals surface area contributed by atoms with Crippen LogP contribution < -0.4 is 5.69 Å². The van der Waals surface area contributed by atoms with E-state index in [4.69, 9.17) is 11.6 Å². The van der Waals surface area contributed by atoms with Gasteiger partial charge in [-0.05, 0) is 30.2 Å². The summed E-state index contributed by atoms with van der Waals surface area (Å²) < 4.78 is 25.8. The fourth-order valence-corrected chi connectivity index (χ4v) is 3.90. The lowest BCUT2D eigenvalue weighted by molar-refractivity contribution is 0.586. The van der Waals surface area contributed by atoms with Gasteiger partial charge in [-0.15, -0.1) is 0 Å². The lowest BCUT2D eigenvalue weighted by Gasteiger charge is -2.06. The summed E-state index contributed by atoms with van der Waals surface area (Å²) in [6.07, 6.45) is 0.336. The first kappa shape index (κ1) is 14.9. The van der Waals surface area contributed by atoms with Crippen LogP contribution in [0.25, 0.3) is 11.0 Å². The molecule has 3 rings (SSSR count). The first-order chi connectivity index (χ1) is 10.5. The maximum absolute atomic E-state index is 12.5. The molecule has 1 N–H and O–H groups in total. The van der Waals surface area contributed by atoms with Crippen LogP contribution >= 0.6 is 11.6 Å². The monoisotopic (exact) mass is 336 g/mol. The summed E-state index contributed by atoms with van der Waals surface area (Å²) in [6, 6.07) is 13.9. The van der Waals surface area contributed by atoms with Gasteiger partial charge in [0.2, 0.25) is 10.0 Å². The Hall–Kier alpha value is -2.05. The number of nitrogens with zero attached hydrogens (tertiary/aromatic N) is 1. The second-order valence-electron chi connectivity index (χ2n) is 4.91. The molecule has 0 fully saturated rings. The lowest BCUT2D eigenvalue weighted by Crippen LogP contribution is -2.28. The number of hydrogen-bond acceptors (Lipinski definition) is 3. The smallest absolute Gasteiger partial charge is 0.305 e. The van der Waals surface area contributed by atoms with E-state index in [-0.39, 0.29) is 11.3 Å². The van der Waals surface area contributed by atoms with Crippen LogP contribution in [0.5, 0.6) is 0 Å². The Morgan fingerprint density at radius 2 is 1.82 bits per heavy atom. The van der Waals surface area contributed by atoms with Gasteiger partial charge in [0, 0.05) is 5.02 Å². The number of benzene rings is 2. The van der Waals surface area contributed by atoms with Gasteiger partial charge in [-0.1, -0.05) is 41.9 Å². The SMILES string of the molecule is O=c1[nH]c2ccc(Cl)cc2n1S(=O)(=O)CCc1ccccc1. The summed E-state index contributed by atoms with van der Waals surface area (Å²) in [5.74, 6) is -0.156. The predicted molar refractivity (Wildman–Crippen MR) is 86.9 cm³/mol. The second kappa shape index (κ2) is 5.62. The molecule has 0 amide bonds. The van der Waals surface area contributed by atoms with Gasteiger partial charge in [0.25, 0.3) is 0 Å². The van der Waals surface area contributed by atoms with Gasteiger partial charge in [-0.2, -0.15) is 3.97 Å². The van der Waals surface area contributed by atoms with Gasteiger partial charge in [-0.3, -0.25) is 0 Å². The Bertz CT molecular complexity index is 975. The first-order valence-electron chi connectivity index (χ1n) is 6.65. The molecular formula is C15H13ClN2O3S. The Balaban J connectivity index is 2.00. The summed E-state index contributed by atoms with van der Waals surface area (Å²) in [5.41, 5.74) is 0.936. The zero-order chi connectivity index (χ0) is 15.7. The molecular weight excluding hydrogens is 324 g/mol. The van der Waals surface area contributed by atoms with Gasteiger partial charge in [0.05, 0.1) is 16.8 Å². The molecule has 0 atom stereocenters. The van der Waals surface area contributed by atoms with E-state index >= 15 is 0 Å². The van der Waals surface area contributed by atoms with Crippen LogP contribution in [0.2, 0.25) is 5.02 Å². The molecule has 0 aliphatic heterocycles. The van der Waals surface area contributed by atoms with Gasteiger partial charge in [-0.25, -0.2) is 13.2 Å². The standard InChI is InChI=1S/C15H13ClN2O3S/c16-12-6-7-13-14(10-12)18(15(19)17-13)22(20,21)9-8-11-4-2-1-3-5-11/h1-7,10H,8-9H2,(H,17,19). The van der Waals surface area contributed by atoms with Crippen molar-refractivity contribution in [1.29, 1.82) is 0 Å². The van der Waals surface area contributed by atoms with Crippen molar-refractivity contribution in [2.75, 3.05) is 5.75 Å². The minimum absolute atomic E-state index is 0.156. The zero-order valence-corrected chi connectivity index (χ0v) is 13.1. The molecule has 7 heteroatoms. The Morgan fingerprint density at radius 3 is 2.55 bits per heavy atom. The van der Waals surface area contributed by atoms with Gasteiger partial charge < -0.3 is 4.98 Å². The van der Waals surface area contributed by atoms with Crippen LogP contribution in [0.15, 0.2) is 53.3 Å². The molecule has 22 heavy (non-hydrogen) atoms. The molecule has 0 bridgehead atoms. The number of fused-ring (bicyclic) bond motifs is 1. The van der Waals surface area contributed by atoms with Crippen molar-refractivity contribution in [3.63, 3.8) is 0 Å². The molecule has 0 unspecified atom stereocenters. The maximum atomic E-state index is 12.5. The third-order valence-electron chi connectivity index (χ3n) is 3.37. The minimum atomic E-state index is -3.77. The first-order valence-corrected chi connectivity index (χ1v) is 8.63. The molecule has 0 aliphatic rings. The molecule has 1 aromatic heterocycles. The van der Waals surface area contributed by atoms with Gasteiger partial charge in [0.15, 0.2) is 0 Å². The van der Waals surface area contributed by atoms with Crippen LogP contribution in [-0.4, -0.2) is 23.1 Å². The van der Waals surface area contributed by atoms with E-state index in [1.165, 1.54) is 6.07 Å². The quantitative estimate of drug-likeness (QED) is 0.795. The van der Waals surface area contributed by atoms with E-state index < -0.39 is 15.7 Å². The minimum Gasteiger partial charge on any atom is -0.305 e. The molecule has 0 spiro atoms. The van der Waals surface area contributed by atoms with Crippen LogP contribution in [0, 0.1) is 0 Å². The third kappa shape index (κ3) is 2.80. The Kier molecular flexibility index (Phi) is 3.80. The van der Waals surface area contributed by atoms with Crippen LogP contribution in [0.4, 0.5) is 0 Å². The van der Waals surface area contributed by atoms with Gasteiger partial charge in [0.1, 0.15) is 0 Å². The summed E-state index contributed by atoms with van der Waals surface area (Å²) >= 11 is 5.90. The predicted octanol–water partition coefficient (Wildman–Crippen LogP) is 2.40. The molecule has 1 heterocycles. The average molecular weight is 337 g/mol. The maximum Gasteiger partial charge on any atom is 0.340 e. The summed E-state index contributed by atoms with van der Waals surface area (Å²) in [7, 11) is -3.77. The lowest BCUT2D eigenvalue weighted by atomic mass is 10.2. The number of rotatable bonds is 4. The summed E-state index contributed by atoms with van der Waals surface area (Å²) in [5, 5.41) is 0.374. The van der Waals surface area contributed by atoms with Crippen molar-refractivity contribution < 1.29 is 8.42 Å². The molecule has 0 saturated heterocycles. The van der Waals surface area contributed by atoms with E-state index in [9.17, 15) is 13.2 Å². The third-order valence-corrected chi connectivity index (χ3v) is 5.25. The Morgan fingerprint density at radius 1 is 1.09 bits per heavy atom. The number of halogens is 1. The van der Waals surface area contributed by atoms with Gasteiger partial charge >= 0.3 is 5.69 Å². The van der Waals surface area contributed by atoms with Crippen LogP contribution in [0.1, 0.15) is 5.56 Å². The summed E-state index contributed by atoms with van der Waals surface area (Å²) in [6.45, 7) is 0. The van der Waals surface area contributed by atoms with Crippen molar-refractivity contribution in [2.45, 2.75) is 6.42 Å². The Labute approximate surface area is 132 Å².